The molecule has 1 N–H and O–H groups in total. The first-order chi connectivity index (χ1) is 16.9. The third-order valence-electron chi connectivity index (χ3n) is 7.54. The molecule has 1 fully saturated rings. The van der Waals surface area contributed by atoms with Crippen LogP contribution in [0.4, 0.5) is 0 Å². The minimum Gasteiger partial charge on any atom is -0.481 e. The second-order valence-electron chi connectivity index (χ2n) is 10.3. The highest BCUT2D eigenvalue weighted by molar-refractivity contribution is 5.79. The monoisotopic (exact) mass is 488 g/mol. The first kappa shape index (κ1) is 27.3. The predicted octanol–water partition coefficient (Wildman–Crippen LogP) is 5.14. The highest BCUT2D eigenvalue weighted by Gasteiger charge is 2.47. The number of amides is 1. The van der Waals surface area contributed by atoms with E-state index in [1.807, 2.05) is 23.1 Å². The molecule has 35 heavy (non-hydrogen) atoms. The number of aliphatic carboxylic acids is 1. The van der Waals surface area contributed by atoms with E-state index in [4.69, 9.17) is 9.47 Å². The summed E-state index contributed by atoms with van der Waals surface area (Å²) >= 11 is 0. The molecule has 0 spiro atoms. The summed E-state index contributed by atoms with van der Waals surface area (Å²) in [6.07, 6.45) is 6.97. The van der Waals surface area contributed by atoms with Gasteiger partial charge in [0.1, 0.15) is 0 Å². The molecule has 2 aliphatic heterocycles. The number of nitrogens with zero attached hydrogens (tertiary/aromatic N) is 2. The summed E-state index contributed by atoms with van der Waals surface area (Å²) < 4.78 is 11.0. The van der Waals surface area contributed by atoms with Gasteiger partial charge in [0.25, 0.3) is 0 Å². The highest BCUT2D eigenvalue weighted by Crippen LogP contribution is 2.43. The Hall–Kier alpha value is -2.28. The predicted molar refractivity (Wildman–Crippen MR) is 137 cm³/mol. The van der Waals surface area contributed by atoms with Crippen molar-refractivity contribution in [1.29, 1.82) is 0 Å². The largest absolute Gasteiger partial charge is 0.481 e. The van der Waals surface area contributed by atoms with Crippen LogP contribution in [-0.2, 0) is 9.59 Å². The van der Waals surface area contributed by atoms with Crippen molar-refractivity contribution in [2.24, 2.45) is 11.8 Å². The van der Waals surface area contributed by atoms with Crippen LogP contribution in [-0.4, -0.2) is 65.8 Å². The van der Waals surface area contributed by atoms with Gasteiger partial charge in [0, 0.05) is 31.6 Å². The normalized spacial score (nSPS) is 22.3. The van der Waals surface area contributed by atoms with Crippen LogP contribution in [0.1, 0.15) is 84.1 Å². The second kappa shape index (κ2) is 13.1. The molecule has 3 rings (SSSR count). The summed E-state index contributed by atoms with van der Waals surface area (Å²) in [4.78, 5) is 30.2. The summed E-state index contributed by atoms with van der Waals surface area (Å²) in [6.45, 7) is 11.2. The molecule has 2 aliphatic rings. The van der Waals surface area contributed by atoms with Gasteiger partial charge in [0.15, 0.2) is 11.5 Å². The van der Waals surface area contributed by atoms with E-state index in [-0.39, 0.29) is 31.2 Å². The number of carboxylic acid groups (broad SMARTS) is 1. The van der Waals surface area contributed by atoms with Crippen LogP contribution in [0.2, 0.25) is 0 Å². The molecule has 1 aromatic carbocycles. The van der Waals surface area contributed by atoms with Crippen molar-refractivity contribution in [3.05, 3.63) is 23.8 Å². The Morgan fingerprint density at radius 1 is 1.09 bits per heavy atom. The number of fused-ring (bicyclic) bond motifs is 1. The summed E-state index contributed by atoms with van der Waals surface area (Å²) in [7, 11) is 0. The van der Waals surface area contributed by atoms with E-state index in [0.717, 1.165) is 63.6 Å². The zero-order chi connectivity index (χ0) is 25.4. The zero-order valence-corrected chi connectivity index (χ0v) is 22.0. The number of hydrogen-bond acceptors (Lipinski definition) is 5. The summed E-state index contributed by atoms with van der Waals surface area (Å²) in [5, 5.41) is 10.4. The second-order valence-corrected chi connectivity index (χ2v) is 10.3. The molecule has 0 saturated carbocycles. The van der Waals surface area contributed by atoms with Gasteiger partial charge in [-0.1, -0.05) is 59.4 Å². The Labute approximate surface area is 210 Å². The van der Waals surface area contributed by atoms with Crippen molar-refractivity contribution in [2.45, 2.75) is 84.6 Å². The number of hydrogen-bond donors (Lipinski definition) is 1. The maximum atomic E-state index is 13.4. The molecule has 196 valence electrons. The molecular formula is C28H44N2O5. The SMILES string of the molecule is CCCCN(CCCC)C(=O)CN1C[C@H](c2ccc3c(c2)OCO3)[C@@H](C(=O)O)[C@@H]1CC(C)CCC. The molecule has 0 bridgehead atoms. The van der Waals surface area contributed by atoms with Crippen molar-refractivity contribution >= 4 is 11.9 Å². The van der Waals surface area contributed by atoms with Crippen molar-refractivity contribution < 1.29 is 24.2 Å². The molecule has 1 aromatic rings. The molecule has 0 aromatic heterocycles. The molecular weight excluding hydrogens is 444 g/mol. The molecule has 0 aliphatic carbocycles. The third kappa shape index (κ3) is 6.90. The van der Waals surface area contributed by atoms with Crippen molar-refractivity contribution in [1.82, 2.24) is 9.80 Å². The number of benzene rings is 1. The van der Waals surface area contributed by atoms with Gasteiger partial charge < -0.3 is 19.5 Å². The number of rotatable bonds is 14. The first-order valence-corrected chi connectivity index (χ1v) is 13.5. The number of likely N-dealkylation sites (tertiary alicyclic amines) is 1. The lowest BCUT2D eigenvalue weighted by atomic mass is 9.81. The summed E-state index contributed by atoms with van der Waals surface area (Å²) in [5.41, 5.74) is 0.943. The number of unbranched alkanes of at least 4 members (excludes halogenated alkanes) is 2. The van der Waals surface area contributed by atoms with Crippen LogP contribution in [0.5, 0.6) is 11.5 Å². The van der Waals surface area contributed by atoms with E-state index in [9.17, 15) is 14.7 Å². The average molecular weight is 489 g/mol. The Morgan fingerprint density at radius 3 is 2.40 bits per heavy atom. The van der Waals surface area contributed by atoms with Crippen molar-refractivity contribution in [3.8, 4) is 11.5 Å². The van der Waals surface area contributed by atoms with E-state index in [1.54, 1.807) is 0 Å². The average Bonchev–Trinajstić information content (AvgIpc) is 3.43. The molecule has 1 amide bonds. The van der Waals surface area contributed by atoms with Crippen LogP contribution in [0.15, 0.2) is 18.2 Å². The summed E-state index contributed by atoms with van der Waals surface area (Å²) in [5.74, 6) is 0.330. The van der Waals surface area contributed by atoms with E-state index in [1.165, 1.54) is 0 Å². The van der Waals surface area contributed by atoms with Crippen LogP contribution >= 0.6 is 0 Å². The zero-order valence-electron chi connectivity index (χ0n) is 22.0. The fraction of sp³-hybridized carbons (Fsp3) is 0.714. The maximum Gasteiger partial charge on any atom is 0.308 e. The molecule has 1 saturated heterocycles. The lowest BCUT2D eigenvalue weighted by Crippen LogP contribution is -2.45. The number of carboxylic acids is 1. The topological polar surface area (TPSA) is 79.3 Å². The summed E-state index contributed by atoms with van der Waals surface area (Å²) in [6, 6.07) is 5.58. The smallest absolute Gasteiger partial charge is 0.308 e. The molecule has 2 heterocycles. The molecule has 7 heteroatoms. The van der Waals surface area contributed by atoms with Gasteiger partial charge >= 0.3 is 5.97 Å². The lowest BCUT2D eigenvalue weighted by Gasteiger charge is -2.31. The molecule has 4 atom stereocenters. The lowest BCUT2D eigenvalue weighted by molar-refractivity contribution is -0.144. The first-order valence-electron chi connectivity index (χ1n) is 13.5. The van der Waals surface area contributed by atoms with Crippen molar-refractivity contribution in [2.75, 3.05) is 33.0 Å². The quantitative estimate of drug-likeness (QED) is 0.391. The number of carbonyl (C=O) groups excluding carboxylic acids is 1. The standard InChI is InChI=1S/C28H44N2O5/c1-5-8-13-29(14-9-6-2)26(31)18-30-17-22(21-11-12-24-25(16-21)35-19-34-24)27(28(32)33)23(30)15-20(4)10-7-3/h11-12,16,20,22-23,27H,5-10,13-15,17-19H2,1-4H3,(H,32,33)/t20?,22-,23+,27-/m1/s1. The van der Waals surface area contributed by atoms with E-state index in [2.05, 4.69) is 32.6 Å². The van der Waals surface area contributed by atoms with E-state index < -0.39 is 11.9 Å². The van der Waals surface area contributed by atoms with Gasteiger partial charge in [0.2, 0.25) is 12.7 Å². The minimum absolute atomic E-state index is 0.121. The van der Waals surface area contributed by atoms with Gasteiger partial charge in [-0.15, -0.1) is 0 Å². The third-order valence-corrected chi connectivity index (χ3v) is 7.54. The van der Waals surface area contributed by atoms with Crippen LogP contribution in [0.25, 0.3) is 0 Å². The fourth-order valence-corrected chi connectivity index (χ4v) is 5.62. The minimum atomic E-state index is -0.787. The van der Waals surface area contributed by atoms with Gasteiger partial charge in [-0.05, 0) is 42.9 Å². The highest BCUT2D eigenvalue weighted by atomic mass is 16.7. The number of ether oxygens (including phenoxy) is 2. The molecule has 7 nitrogen and oxygen atoms in total. The van der Waals surface area contributed by atoms with Gasteiger partial charge in [-0.25, -0.2) is 0 Å². The van der Waals surface area contributed by atoms with Crippen LogP contribution in [0.3, 0.4) is 0 Å². The fourth-order valence-electron chi connectivity index (χ4n) is 5.62. The van der Waals surface area contributed by atoms with Crippen LogP contribution < -0.4 is 9.47 Å². The Morgan fingerprint density at radius 2 is 1.77 bits per heavy atom. The maximum absolute atomic E-state index is 13.4. The molecule has 0 radical (unpaired) electrons. The van der Waals surface area contributed by atoms with Gasteiger partial charge in [-0.3, -0.25) is 14.5 Å². The van der Waals surface area contributed by atoms with E-state index in [0.29, 0.717) is 24.0 Å². The van der Waals surface area contributed by atoms with Gasteiger partial charge in [-0.2, -0.15) is 0 Å². The Kier molecular flexibility index (Phi) is 10.3. The van der Waals surface area contributed by atoms with Crippen LogP contribution in [0, 0.1) is 11.8 Å². The number of carbonyl (C=O) groups is 2. The van der Waals surface area contributed by atoms with E-state index >= 15 is 0 Å². The molecule has 1 unspecified atom stereocenters. The van der Waals surface area contributed by atoms with Gasteiger partial charge in [0.05, 0.1) is 12.5 Å². The Balaban J connectivity index is 1.86. The van der Waals surface area contributed by atoms with Crippen molar-refractivity contribution in [3.63, 3.8) is 0 Å². The Bertz CT molecular complexity index is 837.